The van der Waals surface area contributed by atoms with Crippen LogP contribution in [0.1, 0.15) is 12.0 Å². The second-order valence-corrected chi connectivity index (χ2v) is 5.24. The number of fused-ring (bicyclic) bond motifs is 2. The van der Waals surface area contributed by atoms with Crippen LogP contribution in [-0.2, 0) is 11.2 Å². The molecule has 0 unspecified atom stereocenters. The first-order valence-corrected chi connectivity index (χ1v) is 7.30. The number of Topliss-reactive ketones (excluding diaryl/α,β-unsaturated/α-hetero) is 1. The first-order chi connectivity index (χ1) is 9.79. The third-order valence-corrected chi connectivity index (χ3v) is 3.98. The SMILES string of the molecule is O=C(CCl)CCc1c2ccccc2cc2ccccc12. The number of ketones is 1. The molecule has 0 aliphatic rings. The summed E-state index contributed by atoms with van der Waals surface area (Å²) in [5.41, 5.74) is 1.25. The predicted octanol–water partition coefficient (Wildman–Crippen LogP) is 4.73. The van der Waals surface area contributed by atoms with E-state index in [-0.39, 0.29) is 11.7 Å². The third-order valence-electron chi connectivity index (χ3n) is 3.69. The highest BCUT2D eigenvalue weighted by Crippen LogP contribution is 2.29. The van der Waals surface area contributed by atoms with Crippen LogP contribution >= 0.6 is 11.6 Å². The molecule has 3 aromatic carbocycles. The number of hydrogen-bond acceptors (Lipinski definition) is 1. The summed E-state index contributed by atoms with van der Waals surface area (Å²) < 4.78 is 0. The van der Waals surface area contributed by atoms with Crippen LogP contribution in [0.4, 0.5) is 0 Å². The average Bonchev–Trinajstić information content (AvgIpc) is 2.51. The zero-order valence-corrected chi connectivity index (χ0v) is 11.9. The Bertz CT molecular complexity index is 723. The van der Waals surface area contributed by atoms with E-state index in [1.807, 2.05) is 24.3 Å². The van der Waals surface area contributed by atoms with Crippen molar-refractivity contribution >= 4 is 38.9 Å². The fourth-order valence-electron chi connectivity index (χ4n) is 2.71. The zero-order chi connectivity index (χ0) is 13.9. The highest BCUT2D eigenvalue weighted by molar-refractivity contribution is 6.27. The Morgan fingerprint density at radius 1 is 0.900 bits per heavy atom. The molecule has 0 fully saturated rings. The molecular formula is C18H15ClO. The molecule has 20 heavy (non-hydrogen) atoms. The van der Waals surface area contributed by atoms with Gasteiger partial charge in [0.05, 0.1) is 5.88 Å². The average molecular weight is 283 g/mol. The van der Waals surface area contributed by atoms with Gasteiger partial charge < -0.3 is 0 Å². The van der Waals surface area contributed by atoms with Crippen LogP contribution in [0, 0.1) is 0 Å². The van der Waals surface area contributed by atoms with Crippen molar-refractivity contribution in [3.05, 3.63) is 60.2 Å². The molecule has 0 spiro atoms. The van der Waals surface area contributed by atoms with Gasteiger partial charge in [0.2, 0.25) is 0 Å². The molecular weight excluding hydrogens is 268 g/mol. The van der Waals surface area contributed by atoms with Gasteiger partial charge in [-0.15, -0.1) is 11.6 Å². The van der Waals surface area contributed by atoms with Gasteiger partial charge in [-0.3, -0.25) is 4.79 Å². The van der Waals surface area contributed by atoms with Crippen molar-refractivity contribution in [1.82, 2.24) is 0 Å². The Hall–Kier alpha value is -1.86. The maximum absolute atomic E-state index is 11.5. The minimum absolute atomic E-state index is 0.0999. The molecule has 0 aliphatic heterocycles. The lowest BCUT2D eigenvalue weighted by Crippen LogP contribution is -2.02. The van der Waals surface area contributed by atoms with Gasteiger partial charge in [-0.25, -0.2) is 0 Å². The van der Waals surface area contributed by atoms with E-state index >= 15 is 0 Å². The van der Waals surface area contributed by atoms with Crippen molar-refractivity contribution in [2.45, 2.75) is 12.8 Å². The van der Waals surface area contributed by atoms with Gasteiger partial charge in [0.15, 0.2) is 0 Å². The minimum Gasteiger partial charge on any atom is -0.298 e. The van der Waals surface area contributed by atoms with Gasteiger partial charge in [-0.05, 0) is 39.6 Å². The monoisotopic (exact) mass is 282 g/mol. The molecule has 0 radical (unpaired) electrons. The standard InChI is InChI=1S/C18H15ClO/c19-12-15(20)9-10-18-16-7-3-1-5-13(16)11-14-6-2-4-8-17(14)18/h1-8,11H,9-10,12H2. The molecule has 0 atom stereocenters. The van der Waals surface area contributed by atoms with Gasteiger partial charge in [0.25, 0.3) is 0 Å². The van der Waals surface area contributed by atoms with Crippen LogP contribution < -0.4 is 0 Å². The second kappa shape index (κ2) is 5.64. The molecule has 3 aromatic rings. The molecule has 0 N–H and O–H groups in total. The van der Waals surface area contributed by atoms with Gasteiger partial charge in [0, 0.05) is 6.42 Å². The highest BCUT2D eigenvalue weighted by atomic mass is 35.5. The lowest BCUT2D eigenvalue weighted by atomic mass is 9.93. The van der Waals surface area contributed by atoms with Crippen LogP contribution in [0.2, 0.25) is 0 Å². The molecule has 0 amide bonds. The number of alkyl halides is 1. The number of carbonyl (C=O) groups excluding carboxylic acids is 1. The molecule has 100 valence electrons. The Balaban J connectivity index is 2.20. The maximum Gasteiger partial charge on any atom is 0.147 e. The molecule has 0 heterocycles. The van der Waals surface area contributed by atoms with E-state index in [4.69, 9.17) is 11.6 Å². The van der Waals surface area contributed by atoms with Crippen LogP contribution in [0.5, 0.6) is 0 Å². The maximum atomic E-state index is 11.5. The van der Waals surface area contributed by atoms with E-state index in [1.165, 1.54) is 27.1 Å². The lowest BCUT2D eigenvalue weighted by Gasteiger charge is -2.11. The fourth-order valence-corrected chi connectivity index (χ4v) is 2.84. The number of benzene rings is 3. The van der Waals surface area contributed by atoms with Gasteiger partial charge in [-0.2, -0.15) is 0 Å². The summed E-state index contributed by atoms with van der Waals surface area (Å²) in [6, 6.07) is 18.9. The first-order valence-electron chi connectivity index (χ1n) is 6.76. The first kappa shape index (κ1) is 13.1. The second-order valence-electron chi connectivity index (χ2n) is 4.97. The van der Waals surface area contributed by atoms with Crippen LogP contribution in [0.15, 0.2) is 54.6 Å². The van der Waals surface area contributed by atoms with Crippen LogP contribution in [-0.4, -0.2) is 11.7 Å². The van der Waals surface area contributed by atoms with Crippen LogP contribution in [0.3, 0.4) is 0 Å². The van der Waals surface area contributed by atoms with Crippen LogP contribution in [0.25, 0.3) is 21.5 Å². The molecule has 0 saturated carbocycles. The number of carbonyl (C=O) groups is 1. The van der Waals surface area contributed by atoms with E-state index < -0.39 is 0 Å². The number of rotatable bonds is 4. The molecule has 0 bridgehead atoms. The largest absolute Gasteiger partial charge is 0.298 e. The number of halogens is 1. The topological polar surface area (TPSA) is 17.1 Å². The van der Waals surface area contributed by atoms with E-state index in [0.29, 0.717) is 6.42 Å². The van der Waals surface area contributed by atoms with Crippen molar-refractivity contribution in [3.8, 4) is 0 Å². The smallest absolute Gasteiger partial charge is 0.147 e. The molecule has 0 saturated heterocycles. The summed E-state index contributed by atoms with van der Waals surface area (Å²) in [6.07, 6.45) is 1.24. The quantitative estimate of drug-likeness (QED) is 0.499. The molecule has 1 nitrogen and oxygen atoms in total. The van der Waals surface area contributed by atoms with E-state index in [2.05, 4.69) is 30.3 Å². The minimum atomic E-state index is 0.0999. The summed E-state index contributed by atoms with van der Waals surface area (Å²) in [4.78, 5) is 11.5. The Labute approximate surface area is 123 Å². The van der Waals surface area contributed by atoms with Crippen molar-refractivity contribution in [3.63, 3.8) is 0 Å². The lowest BCUT2D eigenvalue weighted by molar-refractivity contribution is -0.116. The Morgan fingerprint density at radius 2 is 1.45 bits per heavy atom. The van der Waals surface area contributed by atoms with Crippen molar-refractivity contribution in [2.24, 2.45) is 0 Å². The van der Waals surface area contributed by atoms with Gasteiger partial charge in [-0.1, -0.05) is 48.5 Å². The summed E-state index contributed by atoms with van der Waals surface area (Å²) in [7, 11) is 0. The van der Waals surface area contributed by atoms with E-state index in [9.17, 15) is 4.79 Å². The van der Waals surface area contributed by atoms with Gasteiger partial charge >= 0.3 is 0 Å². The molecule has 0 aliphatic carbocycles. The highest BCUT2D eigenvalue weighted by Gasteiger charge is 2.09. The van der Waals surface area contributed by atoms with Gasteiger partial charge in [0.1, 0.15) is 5.78 Å². The molecule has 0 aromatic heterocycles. The fraction of sp³-hybridized carbons (Fsp3) is 0.167. The normalized spacial score (nSPS) is 11.1. The molecule has 3 rings (SSSR count). The number of aryl methyl sites for hydroxylation is 1. The summed E-state index contributed by atoms with van der Waals surface area (Å²) in [5, 5.41) is 4.90. The molecule has 2 heteroatoms. The summed E-state index contributed by atoms with van der Waals surface area (Å²) in [6.45, 7) is 0. The van der Waals surface area contributed by atoms with Crippen molar-refractivity contribution in [2.75, 3.05) is 5.88 Å². The van der Waals surface area contributed by atoms with E-state index in [0.717, 1.165) is 6.42 Å². The summed E-state index contributed by atoms with van der Waals surface area (Å²) >= 11 is 5.61. The Morgan fingerprint density at radius 3 is 2.00 bits per heavy atom. The zero-order valence-electron chi connectivity index (χ0n) is 11.1. The van der Waals surface area contributed by atoms with Crippen molar-refractivity contribution in [1.29, 1.82) is 0 Å². The summed E-state index contributed by atoms with van der Waals surface area (Å²) in [5.74, 6) is 0.201. The van der Waals surface area contributed by atoms with E-state index in [1.54, 1.807) is 0 Å². The Kier molecular flexibility index (Phi) is 3.70. The van der Waals surface area contributed by atoms with Crippen molar-refractivity contribution < 1.29 is 4.79 Å². The predicted molar refractivity (Wildman–Crippen MR) is 85.5 cm³/mol. The number of hydrogen-bond donors (Lipinski definition) is 0. The third kappa shape index (κ3) is 2.41.